The molecule has 1 heterocycles. The maximum atomic E-state index is 5.85. The highest BCUT2D eigenvalue weighted by molar-refractivity contribution is 6.31. The maximum absolute atomic E-state index is 5.85. The van der Waals surface area contributed by atoms with Crippen LogP contribution in [0.5, 0.6) is 0 Å². The van der Waals surface area contributed by atoms with Crippen molar-refractivity contribution in [1.29, 1.82) is 0 Å². The number of ether oxygens (including phenoxy) is 1. The Kier molecular flexibility index (Phi) is 4.19. The summed E-state index contributed by atoms with van der Waals surface area (Å²) in [4.78, 5) is 4.22. The SMILES string of the molecule is COCCCc1cc(C)c(Cl)cn1. The molecule has 0 aliphatic rings. The lowest BCUT2D eigenvalue weighted by molar-refractivity contribution is 0.195. The van der Waals surface area contributed by atoms with Gasteiger partial charge in [0.2, 0.25) is 0 Å². The number of aromatic nitrogens is 1. The molecular formula is C10H14ClNO. The molecule has 2 nitrogen and oxygen atoms in total. The van der Waals surface area contributed by atoms with Crippen LogP contribution in [0.1, 0.15) is 17.7 Å². The average Bonchev–Trinajstić information content (AvgIpc) is 2.12. The summed E-state index contributed by atoms with van der Waals surface area (Å²) in [5.74, 6) is 0. The van der Waals surface area contributed by atoms with Crippen molar-refractivity contribution < 1.29 is 4.74 Å². The number of nitrogens with zero attached hydrogens (tertiary/aromatic N) is 1. The van der Waals surface area contributed by atoms with E-state index in [0.29, 0.717) is 0 Å². The molecule has 1 aromatic heterocycles. The number of hydrogen-bond donors (Lipinski definition) is 0. The van der Waals surface area contributed by atoms with Gasteiger partial charge in [-0.15, -0.1) is 0 Å². The number of rotatable bonds is 4. The monoisotopic (exact) mass is 199 g/mol. The number of pyridine rings is 1. The summed E-state index contributed by atoms with van der Waals surface area (Å²) in [5, 5.41) is 0.732. The van der Waals surface area contributed by atoms with Crippen molar-refractivity contribution in [2.24, 2.45) is 0 Å². The molecule has 0 fully saturated rings. The first-order valence-corrected chi connectivity index (χ1v) is 4.72. The fraction of sp³-hybridized carbons (Fsp3) is 0.500. The van der Waals surface area contributed by atoms with Gasteiger partial charge in [0.15, 0.2) is 0 Å². The zero-order chi connectivity index (χ0) is 9.68. The summed E-state index contributed by atoms with van der Waals surface area (Å²) in [7, 11) is 1.71. The first-order valence-electron chi connectivity index (χ1n) is 4.34. The minimum absolute atomic E-state index is 0.732. The van der Waals surface area contributed by atoms with Crippen molar-refractivity contribution in [3.8, 4) is 0 Å². The van der Waals surface area contributed by atoms with E-state index in [4.69, 9.17) is 16.3 Å². The Morgan fingerprint density at radius 3 is 2.92 bits per heavy atom. The van der Waals surface area contributed by atoms with Gasteiger partial charge in [0.25, 0.3) is 0 Å². The molecule has 0 aromatic carbocycles. The van der Waals surface area contributed by atoms with E-state index in [9.17, 15) is 0 Å². The highest BCUT2D eigenvalue weighted by Gasteiger charge is 1.98. The fourth-order valence-electron chi connectivity index (χ4n) is 1.13. The molecule has 1 aromatic rings. The topological polar surface area (TPSA) is 22.1 Å². The third-order valence-electron chi connectivity index (χ3n) is 1.88. The molecular weight excluding hydrogens is 186 g/mol. The molecule has 0 N–H and O–H groups in total. The molecule has 72 valence electrons. The molecule has 1 rings (SSSR count). The normalized spacial score (nSPS) is 10.4. The van der Waals surface area contributed by atoms with Crippen LogP contribution in [0.25, 0.3) is 0 Å². The fourth-order valence-corrected chi connectivity index (χ4v) is 1.24. The molecule has 0 aliphatic heterocycles. The van der Waals surface area contributed by atoms with E-state index < -0.39 is 0 Å². The molecule has 0 aliphatic carbocycles. The summed E-state index contributed by atoms with van der Waals surface area (Å²) in [6.07, 6.45) is 3.66. The molecule has 0 atom stereocenters. The number of hydrogen-bond acceptors (Lipinski definition) is 2. The Bertz CT molecular complexity index is 276. The summed E-state index contributed by atoms with van der Waals surface area (Å²) in [6, 6.07) is 2.03. The Morgan fingerprint density at radius 1 is 1.54 bits per heavy atom. The van der Waals surface area contributed by atoms with Gasteiger partial charge in [-0.2, -0.15) is 0 Å². The van der Waals surface area contributed by atoms with Crippen molar-refractivity contribution in [2.75, 3.05) is 13.7 Å². The zero-order valence-corrected chi connectivity index (χ0v) is 8.77. The van der Waals surface area contributed by atoms with Crippen LogP contribution in [-0.4, -0.2) is 18.7 Å². The minimum Gasteiger partial charge on any atom is -0.385 e. The zero-order valence-electron chi connectivity index (χ0n) is 8.01. The van der Waals surface area contributed by atoms with Gasteiger partial charge in [-0.05, 0) is 31.4 Å². The molecule has 0 saturated heterocycles. The van der Waals surface area contributed by atoms with Gasteiger partial charge in [-0.25, -0.2) is 0 Å². The van der Waals surface area contributed by atoms with Crippen LogP contribution in [0, 0.1) is 6.92 Å². The van der Waals surface area contributed by atoms with Crippen molar-refractivity contribution >= 4 is 11.6 Å². The molecule has 0 saturated carbocycles. The molecule has 13 heavy (non-hydrogen) atoms. The average molecular weight is 200 g/mol. The summed E-state index contributed by atoms with van der Waals surface area (Å²) in [6.45, 7) is 2.77. The van der Waals surface area contributed by atoms with Gasteiger partial charge in [-0.3, -0.25) is 4.98 Å². The van der Waals surface area contributed by atoms with Gasteiger partial charge in [0, 0.05) is 25.6 Å². The second kappa shape index (κ2) is 5.20. The first kappa shape index (κ1) is 10.5. The summed E-state index contributed by atoms with van der Waals surface area (Å²) in [5.41, 5.74) is 2.17. The lowest BCUT2D eigenvalue weighted by Gasteiger charge is -2.02. The maximum Gasteiger partial charge on any atom is 0.0618 e. The van der Waals surface area contributed by atoms with Crippen molar-refractivity contribution in [3.63, 3.8) is 0 Å². The van der Waals surface area contributed by atoms with E-state index in [2.05, 4.69) is 4.98 Å². The molecule has 0 spiro atoms. The molecule has 0 amide bonds. The predicted octanol–water partition coefficient (Wildman–Crippen LogP) is 2.62. The largest absolute Gasteiger partial charge is 0.385 e. The summed E-state index contributed by atoms with van der Waals surface area (Å²) < 4.78 is 4.96. The van der Waals surface area contributed by atoms with E-state index in [1.54, 1.807) is 13.3 Å². The highest BCUT2D eigenvalue weighted by atomic mass is 35.5. The molecule has 0 radical (unpaired) electrons. The van der Waals surface area contributed by atoms with Crippen LogP contribution in [0.3, 0.4) is 0 Å². The van der Waals surface area contributed by atoms with Crippen LogP contribution < -0.4 is 0 Å². The number of methoxy groups -OCH3 is 1. The van der Waals surface area contributed by atoms with E-state index in [-0.39, 0.29) is 0 Å². The van der Waals surface area contributed by atoms with Gasteiger partial charge in [0.05, 0.1) is 5.02 Å². The minimum atomic E-state index is 0.732. The van der Waals surface area contributed by atoms with Crippen molar-refractivity contribution in [1.82, 2.24) is 4.98 Å². The smallest absolute Gasteiger partial charge is 0.0618 e. The Labute approximate surface area is 83.9 Å². The Hall–Kier alpha value is -0.600. The third-order valence-corrected chi connectivity index (χ3v) is 2.28. The van der Waals surface area contributed by atoms with Crippen LogP contribution in [0.2, 0.25) is 5.02 Å². The third kappa shape index (κ3) is 3.33. The van der Waals surface area contributed by atoms with Crippen LogP contribution in [-0.2, 0) is 11.2 Å². The second-order valence-corrected chi connectivity index (χ2v) is 3.43. The van der Waals surface area contributed by atoms with E-state index in [1.807, 2.05) is 13.0 Å². The molecule has 0 unspecified atom stereocenters. The lowest BCUT2D eigenvalue weighted by Crippen LogP contribution is -1.95. The standard InChI is InChI=1S/C10H14ClNO/c1-8-6-9(4-3-5-13-2)12-7-10(8)11/h6-7H,3-5H2,1-2H3. The molecule has 3 heteroatoms. The van der Waals surface area contributed by atoms with E-state index >= 15 is 0 Å². The second-order valence-electron chi connectivity index (χ2n) is 3.02. The lowest BCUT2D eigenvalue weighted by atomic mass is 10.2. The van der Waals surface area contributed by atoms with Gasteiger partial charge >= 0.3 is 0 Å². The molecule has 0 bridgehead atoms. The first-order chi connectivity index (χ1) is 6.24. The Morgan fingerprint density at radius 2 is 2.31 bits per heavy atom. The van der Waals surface area contributed by atoms with Gasteiger partial charge in [0.1, 0.15) is 0 Å². The van der Waals surface area contributed by atoms with E-state index in [0.717, 1.165) is 35.7 Å². The van der Waals surface area contributed by atoms with E-state index in [1.165, 1.54) is 0 Å². The number of aryl methyl sites for hydroxylation is 2. The Balaban J connectivity index is 2.53. The number of halogens is 1. The van der Waals surface area contributed by atoms with Crippen LogP contribution >= 0.6 is 11.6 Å². The quantitative estimate of drug-likeness (QED) is 0.696. The highest BCUT2D eigenvalue weighted by Crippen LogP contribution is 2.14. The van der Waals surface area contributed by atoms with Crippen molar-refractivity contribution in [3.05, 3.63) is 28.5 Å². The van der Waals surface area contributed by atoms with Gasteiger partial charge < -0.3 is 4.74 Å². The van der Waals surface area contributed by atoms with Crippen LogP contribution in [0.4, 0.5) is 0 Å². The predicted molar refractivity (Wildman–Crippen MR) is 54.2 cm³/mol. The van der Waals surface area contributed by atoms with Crippen molar-refractivity contribution in [2.45, 2.75) is 19.8 Å². The van der Waals surface area contributed by atoms with Crippen LogP contribution in [0.15, 0.2) is 12.3 Å². The summed E-state index contributed by atoms with van der Waals surface area (Å²) >= 11 is 5.85. The van der Waals surface area contributed by atoms with Gasteiger partial charge in [-0.1, -0.05) is 11.6 Å².